The number of alkyl halides is 1. The molecule has 0 saturated carbocycles. The van der Waals surface area contributed by atoms with Gasteiger partial charge in [0, 0.05) is 0 Å². The molecule has 1 atom stereocenters. The summed E-state index contributed by atoms with van der Waals surface area (Å²) in [6, 6.07) is 1.84. The first-order valence-corrected chi connectivity index (χ1v) is 2.41. The maximum absolute atomic E-state index is 8.03. The van der Waals surface area contributed by atoms with Crippen molar-refractivity contribution in [2.75, 3.05) is 0 Å². The van der Waals surface area contributed by atoms with Crippen LogP contribution < -0.4 is 0 Å². The molecule has 1 unspecified atom stereocenters. The molecule has 0 saturated heterocycles. The van der Waals surface area contributed by atoms with Crippen molar-refractivity contribution in [3.8, 4) is 6.07 Å². The standard InChI is InChI=1S/C5H6ClN/c1-2-3-5(6)4-7/h2-3,5H,1H3. The molecule has 0 aliphatic heterocycles. The highest BCUT2D eigenvalue weighted by atomic mass is 35.5. The number of hydrogen-bond acceptors (Lipinski definition) is 1. The van der Waals surface area contributed by atoms with Gasteiger partial charge in [-0.25, -0.2) is 0 Å². The fourth-order valence-corrected chi connectivity index (χ4v) is 0.357. The van der Waals surface area contributed by atoms with Gasteiger partial charge in [-0.2, -0.15) is 5.26 Å². The molecule has 0 heterocycles. The predicted octanol–water partition coefficient (Wildman–Crippen LogP) is 1.69. The smallest absolute Gasteiger partial charge is 0.138 e. The van der Waals surface area contributed by atoms with E-state index in [2.05, 4.69) is 0 Å². The summed E-state index contributed by atoms with van der Waals surface area (Å²) in [5.74, 6) is 0. The third kappa shape index (κ3) is 3.35. The highest BCUT2D eigenvalue weighted by Gasteiger charge is 1.88. The van der Waals surface area contributed by atoms with Crippen LogP contribution in [0.5, 0.6) is 0 Å². The third-order valence-corrected chi connectivity index (χ3v) is 0.728. The quantitative estimate of drug-likeness (QED) is 0.377. The number of nitrogens with zero attached hydrogens (tertiary/aromatic N) is 1. The molecule has 0 aliphatic rings. The minimum atomic E-state index is -0.454. The van der Waals surface area contributed by atoms with Gasteiger partial charge in [0.1, 0.15) is 5.38 Å². The molecule has 0 aliphatic carbocycles. The van der Waals surface area contributed by atoms with Crippen molar-refractivity contribution in [1.82, 2.24) is 0 Å². The summed E-state index contributed by atoms with van der Waals surface area (Å²) in [5.41, 5.74) is 0. The van der Waals surface area contributed by atoms with Crippen LogP contribution >= 0.6 is 11.6 Å². The number of halogens is 1. The molecular formula is C5H6ClN. The summed E-state index contributed by atoms with van der Waals surface area (Å²) in [6.45, 7) is 1.83. The number of hydrogen-bond donors (Lipinski definition) is 0. The van der Waals surface area contributed by atoms with E-state index in [0.29, 0.717) is 0 Å². The fraction of sp³-hybridized carbons (Fsp3) is 0.400. The molecule has 0 radical (unpaired) electrons. The largest absolute Gasteiger partial charge is 0.196 e. The lowest BCUT2D eigenvalue weighted by molar-refractivity contribution is 1.35. The average Bonchev–Trinajstić information content (AvgIpc) is 1.68. The first-order chi connectivity index (χ1) is 3.31. The van der Waals surface area contributed by atoms with Crippen LogP contribution in [0.3, 0.4) is 0 Å². The molecule has 7 heavy (non-hydrogen) atoms. The van der Waals surface area contributed by atoms with Crippen molar-refractivity contribution in [3.63, 3.8) is 0 Å². The van der Waals surface area contributed by atoms with E-state index in [0.717, 1.165) is 0 Å². The van der Waals surface area contributed by atoms with E-state index in [1.807, 2.05) is 13.0 Å². The molecule has 0 aromatic rings. The molecule has 0 amide bonds. The Morgan fingerprint density at radius 1 is 1.86 bits per heavy atom. The molecule has 38 valence electrons. The first kappa shape index (κ1) is 6.52. The Labute approximate surface area is 48.2 Å². The summed E-state index contributed by atoms with van der Waals surface area (Å²) in [5, 5.41) is 7.58. The molecule has 0 bridgehead atoms. The molecule has 0 N–H and O–H groups in total. The predicted molar refractivity (Wildman–Crippen MR) is 30.1 cm³/mol. The van der Waals surface area contributed by atoms with Crippen molar-refractivity contribution in [2.45, 2.75) is 12.3 Å². The fourth-order valence-electron chi connectivity index (χ4n) is 0.212. The van der Waals surface area contributed by atoms with E-state index in [-0.39, 0.29) is 0 Å². The van der Waals surface area contributed by atoms with E-state index < -0.39 is 5.38 Å². The van der Waals surface area contributed by atoms with Gasteiger partial charge in [0.15, 0.2) is 0 Å². The van der Waals surface area contributed by atoms with Crippen molar-refractivity contribution in [3.05, 3.63) is 12.2 Å². The van der Waals surface area contributed by atoms with Crippen molar-refractivity contribution < 1.29 is 0 Å². The summed E-state index contributed by atoms with van der Waals surface area (Å²) < 4.78 is 0. The van der Waals surface area contributed by atoms with Crippen LogP contribution in [0.15, 0.2) is 12.2 Å². The Bertz CT molecular complexity index is 101. The third-order valence-electron chi connectivity index (χ3n) is 0.485. The zero-order valence-corrected chi connectivity index (χ0v) is 4.81. The van der Waals surface area contributed by atoms with Crippen LogP contribution in [0.1, 0.15) is 6.92 Å². The van der Waals surface area contributed by atoms with Crippen molar-refractivity contribution >= 4 is 11.6 Å². The van der Waals surface area contributed by atoms with Gasteiger partial charge >= 0.3 is 0 Å². The van der Waals surface area contributed by atoms with Gasteiger partial charge in [0.05, 0.1) is 6.07 Å². The van der Waals surface area contributed by atoms with Crippen LogP contribution in [0.25, 0.3) is 0 Å². The lowest BCUT2D eigenvalue weighted by Crippen LogP contribution is -1.82. The van der Waals surface area contributed by atoms with Gasteiger partial charge in [-0.3, -0.25) is 0 Å². The van der Waals surface area contributed by atoms with Crippen molar-refractivity contribution in [2.24, 2.45) is 0 Å². The minimum absolute atomic E-state index is 0.454. The van der Waals surface area contributed by atoms with E-state index in [1.165, 1.54) is 0 Å². The second-order valence-electron chi connectivity index (χ2n) is 1.06. The van der Waals surface area contributed by atoms with Gasteiger partial charge in [-0.05, 0) is 6.92 Å². The second-order valence-corrected chi connectivity index (χ2v) is 1.53. The average molecular weight is 116 g/mol. The molecule has 0 aromatic heterocycles. The zero-order chi connectivity index (χ0) is 5.70. The topological polar surface area (TPSA) is 23.8 Å². The molecule has 0 aromatic carbocycles. The molecule has 0 spiro atoms. The molecular weight excluding hydrogens is 110 g/mol. The van der Waals surface area contributed by atoms with Crippen LogP contribution in [0, 0.1) is 11.3 Å². The molecule has 2 heteroatoms. The van der Waals surface area contributed by atoms with Gasteiger partial charge in [0.25, 0.3) is 0 Å². The van der Waals surface area contributed by atoms with Gasteiger partial charge in [-0.1, -0.05) is 12.2 Å². The Morgan fingerprint density at radius 3 is 2.57 bits per heavy atom. The second kappa shape index (κ2) is 3.70. The van der Waals surface area contributed by atoms with E-state index in [1.54, 1.807) is 12.2 Å². The van der Waals surface area contributed by atoms with E-state index in [9.17, 15) is 0 Å². The number of nitriles is 1. The Balaban J connectivity index is 3.42. The maximum atomic E-state index is 8.03. The number of rotatable bonds is 1. The normalized spacial score (nSPS) is 13.9. The molecule has 0 rings (SSSR count). The SMILES string of the molecule is CC=CC(Cl)C#N. The maximum Gasteiger partial charge on any atom is 0.138 e. The van der Waals surface area contributed by atoms with Gasteiger partial charge in [0.2, 0.25) is 0 Å². The summed E-state index contributed by atoms with van der Waals surface area (Å²) >= 11 is 5.32. The number of allylic oxidation sites excluding steroid dienone is 2. The summed E-state index contributed by atoms with van der Waals surface area (Å²) in [7, 11) is 0. The molecule has 1 nitrogen and oxygen atoms in total. The monoisotopic (exact) mass is 115 g/mol. The van der Waals surface area contributed by atoms with E-state index in [4.69, 9.17) is 16.9 Å². The highest BCUT2D eigenvalue weighted by molar-refractivity contribution is 6.23. The van der Waals surface area contributed by atoms with Gasteiger partial charge in [-0.15, -0.1) is 11.6 Å². The summed E-state index contributed by atoms with van der Waals surface area (Å²) in [4.78, 5) is 0. The minimum Gasteiger partial charge on any atom is -0.196 e. The lowest BCUT2D eigenvalue weighted by atomic mass is 10.4. The van der Waals surface area contributed by atoms with Crippen LogP contribution in [-0.2, 0) is 0 Å². The van der Waals surface area contributed by atoms with E-state index >= 15 is 0 Å². The van der Waals surface area contributed by atoms with Crippen LogP contribution in [-0.4, -0.2) is 5.38 Å². The van der Waals surface area contributed by atoms with Crippen molar-refractivity contribution in [1.29, 1.82) is 5.26 Å². The highest BCUT2D eigenvalue weighted by Crippen LogP contribution is 1.92. The molecule has 0 fully saturated rings. The Kier molecular flexibility index (Phi) is 3.45. The van der Waals surface area contributed by atoms with Gasteiger partial charge < -0.3 is 0 Å². The Morgan fingerprint density at radius 2 is 2.43 bits per heavy atom. The lowest BCUT2D eigenvalue weighted by Gasteiger charge is -1.80. The summed E-state index contributed by atoms with van der Waals surface area (Å²) in [6.07, 6.45) is 3.38. The Hall–Kier alpha value is -0.480. The van der Waals surface area contributed by atoms with Crippen LogP contribution in [0.4, 0.5) is 0 Å². The first-order valence-electron chi connectivity index (χ1n) is 1.97. The zero-order valence-electron chi connectivity index (χ0n) is 4.06. The van der Waals surface area contributed by atoms with Crippen LogP contribution in [0.2, 0.25) is 0 Å².